The number of thiol groups is 1. The second kappa shape index (κ2) is 15.6. The molecular weight excluding hydrogens is 494 g/mol. The first kappa shape index (κ1) is 30.7. The third-order valence-corrected chi connectivity index (χ3v) is 5.49. The summed E-state index contributed by atoms with van der Waals surface area (Å²) in [5, 5.41) is 34.9. The first-order valence-electron chi connectivity index (χ1n) is 11.2. The van der Waals surface area contributed by atoms with Crippen LogP contribution in [0, 0.1) is 0 Å². The monoisotopic (exact) mass is 527 g/mol. The summed E-state index contributed by atoms with van der Waals surface area (Å²) in [7, 11) is 0. The van der Waals surface area contributed by atoms with E-state index < -0.39 is 60.2 Å². The summed E-state index contributed by atoms with van der Waals surface area (Å²) in [6.07, 6.45) is 0.616. The molecule has 0 saturated heterocycles. The Morgan fingerprint density at radius 2 is 1.42 bits per heavy atom. The van der Waals surface area contributed by atoms with Crippen molar-refractivity contribution in [3.8, 4) is 5.75 Å². The van der Waals surface area contributed by atoms with E-state index in [-0.39, 0.29) is 24.3 Å². The van der Waals surface area contributed by atoms with Crippen LogP contribution in [-0.4, -0.2) is 81.4 Å². The molecule has 36 heavy (non-hydrogen) atoms. The van der Waals surface area contributed by atoms with Gasteiger partial charge >= 0.3 is 11.9 Å². The van der Waals surface area contributed by atoms with Crippen LogP contribution in [-0.2, 0) is 30.4 Å². The number of aliphatic carboxylic acids is 2. The third kappa shape index (κ3) is 10.9. The van der Waals surface area contributed by atoms with E-state index in [9.17, 15) is 34.2 Å². The number of carbonyl (C=O) groups is 5. The van der Waals surface area contributed by atoms with Gasteiger partial charge in [-0.05, 0) is 37.1 Å². The van der Waals surface area contributed by atoms with Crippen LogP contribution in [0.25, 0.3) is 0 Å². The predicted octanol–water partition coefficient (Wildman–Crippen LogP) is -1.67. The molecule has 1 aromatic carbocycles. The molecule has 0 aliphatic rings. The molecule has 0 bridgehead atoms. The van der Waals surface area contributed by atoms with Crippen LogP contribution in [0.5, 0.6) is 5.75 Å². The standard InChI is InChI=1S/C22H33N5O8S/c23-8-2-1-3-14(24)19(31)25-15(10-18(29)30)20(32)27-17(11-36)21(33)26-16(22(34)35)9-12-4-6-13(28)7-5-12/h4-7,14-17,28,36H,1-3,8-11,23-24H2,(H,25,31)(H,26,33)(H,27,32)(H,29,30)(H,34,35). The third-order valence-electron chi connectivity index (χ3n) is 5.12. The number of unbranched alkanes of at least 4 members (excludes halogenated alkanes) is 1. The predicted molar refractivity (Wildman–Crippen MR) is 132 cm³/mol. The first-order valence-corrected chi connectivity index (χ1v) is 11.8. The normalized spacial score (nSPS) is 14.1. The van der Waals surface area contributed by atoms with Crippen LogP contribution in [0.15, 0.2) is 24.3 Å². The Balaban J connectivity index is 2.85. The Morgan fingerprint density at radius 3 is 1.94 bits per heavy atom. The summed E-state index contributed by atoms with van der Waals surface area (Å²) < 4.78 is 0. The number of rotatable bonds is 16. The number of hydrogen-bond acceptors (Lipinski definition) is 9. The van der Waals surface area contributed by atoms with Gasteiger partial charge in [0.1, 0.15) is 23.9 Å². The molecule has 10 N–H and O–H groups in total. The lowest BCUT2D eigenvalue weighted by atomic mass is 10.1. The Kier molecular flexibility index (Phi) is 13.3. The molecule has 1 aromatic rings. The summed E-state index contributed by atoms with van der Waals surface area (Å²) in [6, 6.07) is 0.529. The van der Waals surface area contributed by atoms with E-state index in [0.29, 0.717) is 24.9 Å². The largest absolute Gasteiger partial charge is 0.508 e. The van der Waals surface area contributed by atoms with E-state index in [0.717, 1.165) is 0 Å². The minimum absolute atomic E-state index is 0.00738. The molecule has 0 spiro atoms. The number of amides is 3. The molecule has 1 rings (SSSR count). The number of benzene rings is 1. The summed E-state index contributed by atoms with van der Waals surface area (Å²) >= 11 is 4.02. The molecule has 0 radical (unpaired) electrons. The van der Waals surface area contributed by atoms with Crippen molar-refractivity contribution in [1.82, 2.24) is 16.0 Å². The molecule has 0 aromatic heterocycles. The zero-order valence-corrected chi connectivity index (χ0v) is 20.4. The Hall–Kier alpha value is -3.36. The lowest BCUT2D eigenvalue weighted by Gasteiger charge is -2.24. The van der Waals surface area contributed by atoms with Crippen molar-refractivity contribution >= 4 is 42.3 Å². The number of phenolic OH excluding ortho intramolecular Hbond substituents is 1. The van der Waals surface area contributed by atoms with Gasteiger partial charge in [0, 0.05) is 12.2 Å². The number of carbonyl (C=O) groups excluding carboxylic acids is 3. The van der Waals surface area contributed by atoms with Gasteiger partial charge in [-0.3, -0.25) is 19.2 Å². The maximum atomic E-state index is 12.7. The van der Waals surface area contributed by atoms with Crippen molar-refractivity contribution in [2.75, 3.05) is 12.3 Å². The lowest BCUT2D eigenvalue weighted by Crippen LogP contribution is -2.58. The summed E-state index contributed by atoms with van der Waals surface area (Å²) in [6.45, 7) is 0.420. The number of hydrogen-bond donors (Lipinski definition) is 9. The van der Waals surface area contributed by atoms with Gasteiger partial charge in [-0.2, -0.15) is 12.6 Å². The molecule has 0 aliphatic carbocycles. The second-order valence-electron chi connectivity index (χ2n) is 8.06. The van der Waals surface area contributed by atoms with E-state index in [1.165, 1.54) is 24.3 Å². The van der Waals surface area contributed by atoms with Gasteiger partial charge in [0.15, 0.2) is 0 Å². The van der Waals surface area contributed by atoms with Gasteiger partial charge in [0.2, 0.25) is 17.7 Å². The number of carboxylic acid groups (broad SMARTS) is 2. The Bertz CT molecular complexity index is 914. The highest BCUT2D eigenvalue weighted by Crippen LogP contribution is 2.12. The zero-order valence-electron chi connectivity index (χ0n) is 19.6. The van der Waals surface area contributed by atoms with Gasteiger partial charge in [-0.15, -0.1) is 0 Å². The minimum atomic E-state index is -1.53. The smallest absolute Gasteiger partial charge is 0.326 e. The van der Waals surface area contributed by atoms with Crippen LogP contribution >= 0.6 is 12.6 Å². The van der Waals surface area contributed by atoms with Crippen LogP contribution in [0.3, 0.4) is 0 Å². The molecule has 0 aliphatic heterocycles. The van der Waals surface area contributed by atoms with Crippen molar-refractivity contribution in [3.63, 3.8) is 0 Å². The van der Waals surface area contributed by atoms with Gasteiger partial charge in [-0.1, -0.05) is 18.6 Å². The maximum Gasteiger partial charge on any atom is 0.326 e. The van der Waals surface area contributed by atoms with Crippen LogP contribution in [0.4, 0.5) is 0 Å². The number of nitrogens with two attached hydrogens (primary N) is 2. The first-order chi connectivity index (χ1) is 17.0. The van der Waals surface area contributed by atoms with E-state index in [4.69, 9.17) is 16.6 Å². The molecule has 0 saturated carbocycles. The summed E-state index contributed by atoms with van der Waals surface area (Å²) in [5.41, 5.74) is 11.7. The van der Waals surface area contributed by atoms with Crippen LogP contribution < -0.4 is 27.4 Å². The van der Waals surface area contributed by atoms with Crippen LogP contribution in [0.1, 0.15) is 31.2 Å². The Labute approximate surface area is 213 Å². The van der Waals surface area contributed by atoms with E-state index >= 15 is 0 Å². The van der Waals surface area contributed by atoms with Gasteiger partial charge < -0.3 is 42.7 Å². The average molecular weight is 528 g/mol. The highest BCUT2D eigenvalue weighted by atomic mass is 32.1. The SMILES string of the molecule is NCCCCC(N)C(=O)NC(CC(=O)O)C(=O)NC(CS)C(=O)NC(Cc1ccc(O)cc1)C(=O)O. The molecule has 13 nitrogen and oxygen atoms in total. The van der Waals surface area contributed by atoms with Crippen molar-refractivity contribution in [2.45, 2.75) is 56.3 Å². The molecule has 0 heterocycles. The minimum Gasteiger partial charge on any atom is -0.508 e. The number of carboxylic acids is 2. The average Bonchev–Trinajstić information content (AvgIpc) is 2.82. The lowest BCUT2D eigenvalue weighted by molar-refractivity contribution is -0.143. The molecule has 4 unspecified atom stereocenters. The Morgan fingerprint density at radius 1 is 0.861 bits per heavy atom. The van der Waals surface area contributed by atoms with Crippen molar-refractivity contribution in [2.24, 2.45) is 11.5 Å². The topological polar surface area (TPSA) is 234 Å². The molecular formula is C22H33N5O8S. The zero-order chi connectivity index (χ0) is 27.3. The quantitative estimate of drug-likeness (QED) is 0.0876. The van der Waals surface area contributed by atoms with Crippen molar-refractivity contribution in [1.29, 1.82) is 0 Å². The van der Waals surface area contributed by atoms with Gasteiger partial charge in [0.25, 0.3) is 0 Å². The van der Waals surface area contributed by atoms with Gasteiger partial charge in [-0.25, -0.2) is 4.79 Å². The van der Waals surface area contributed by atoms with Gasteiger partial charge in [0.05, 0.1) is 12.5 Å². The maximum absolute atomic E-state index is 12.7. The molecule has 3 amide bonds. The fraction of sp³-hybridized carbons (Fsp3) is 0.500. The highest BCUT2D eigenvalue weighted by Gasteiger charge is 2.31. The highest BCUT2D eigenvalue weighted by molar-refractivity contribution is 7.80. The van der Waals surface area contributed by atoms with Crippen LogP contribution in [0.2, 0.25) is 0 Å². The van der Waals surface area contributed by atoms with Crippen molar-refractivity contribution in [3.05, 3.63) is 29.8 Å². The number of phenols is 1. The van der Waals surface area contributed by atoms with E-state index in [1.807, 2.05) is 0 Å². The van der Waals surface area contributed by atoms with E-state index in [2.05, 4.69) is 28.6 Å². The summed E-state index contributed by atoms with van der Waals surface area (Å²) in [4.78, 5) is 60.6. The van der Waals surface area contributed by atoms with Crippen molar-refractivity contribution < 1.29 is 39.3 Å². The molecule has 0 fully saturated rings. The molecule has 4 atom stereocenters. The number of nitrogens with one attached hydrogen (secondary N) is 3. The van der Waals surface area contributed by atoms with E-state index in [1.54, 1.807) is 0 Å². The number of aromatic hydroxyl groups is 1. The summed E-state index contributed by atoms with van der Waals surface area (Å²) in [5.74, 6) is -5.54. The second-order valence-corrected chi connectivity index (χ2v) is 8.43. The fourth-order valence-corrected chi connectivity index (χ4v) is 3.37. The molecule has 200 valence electrons. The fourth-order valence-electron chi connectivity index (χ4n) is 3.11. The molecule has 14 heteroatoms.